The summed E-state index contributed by atoms with van der Waals surface area (Å²) in [6, 6.07) is 4.37. The van der Waals surface area contributed by atoms with Crippen LogP contribution in [0.4, 0.5) is 5.69 Å². The van der Waals surface area contributed by atoms with Crippen LogP contribution in [0.15, 0.2) is 35.7 Å². The molecule has 1 aliphatic rings. The number of carbonyl (C=O) groups excluding carboxylic acids is 1. The van der Waals surface area contributed by atoms with Crippen LogP contribution in [0.25, 0.3) is 0 Å². The van der Waals surface area contributed by atoms with Crippen molar-refractivity contribution in [3.05, 3.63) is 36.3 Å². The Labute approximate surface area is 188 Å². The molecule has 1 amide bonds. The highest BCUT2D eigenvalue weighted by Crippen LogP contribution is 2.35. The number of fused-ring (bicyclic) bond motifs is 1. The number of amides is 1. The molecule has 1 aromatic carbocycles. The highest BCUT2D eigenvalue weighted by atomic mass is 32.2. The monoisotopic (exact) mass is 465 g/mol. The molecule has 32 heavy (non-hydrogen) atoms. The van der Waals surface area contributed by atoms with Crippen LogP contribution in [0.5, 0.6) is 5.75 Å². The van der Waals surface area contributed by atoms with Crippen LogP contribution in [0.3, 0.4) is 0 Å². The summed E-state index contributed by atoms with van der Waals surface area (Å²) in [5.41, 5.74) is 0.401. The van der Waals surface area contributed by atoms with Crippen molar-refractivity contribution in [3.8, 4) is 5.75 Å². The molecule has 10 nitrogen and oxygen atoms in total. The fourth-order valence-electron chi connectivity index (χ4n) is 3.63. The molecular weight excluding hydrogens is 434 g/mol. The molecule has 0 unspecified atom stereocenters. The average molecular weight is 466 g/mol. The van der Waals surface area contributed by atoms with Crippen molar-refractivity contribution in [3.63, 3.8) is 0 Å². The van der Waals surface area contributed by atoms with Crippen molar-refractivity contribution in [2.45, 2.75) is 31.0 Å². The highest BCUT2D eigenvalue weighted by Gasteiger charge is 2.34. The van der Waals surface area contributed by atoms with Crippen LogP contribution >= 0.6 is 0 Å². The van der Waals surface area contributed by atoms with Crippen molar-refractivity contribution < 1.29 is 23.1 Å². The summed E-state index contributed by atoms with van der Waals surface area (Å²) in [7, 11) is 1.53. The van der Waals surface area contributed by atoms with Gasteiger partial charge in [0.1, 0.15) is 6.10 Å². The number of aromatic nitrogens is 2. The lowest BCUT2D eigenvalue weighted by Crippen LogP contribution is -2.49. The number of aliphatic hydroxyl groups excluding tert-OH is 1. The van der Waals surface area contributed by atoms with E-state index in [1.165, 1.54) is 17.1 Å². The largest absolute Gasteiger partial charge is 0.486 e. The molecule has 2 aromatic rings. The third-order valence-electron chi connectivity index (χ3n) is 5.44. The number of nitrogens with zero attached hydrogens (tertiary/aromatic N) is 4. The number of rotatable bonds is 7. The van der Waals surface area contributed by atoms with E-state index >= 15 is 0 Å². The molecule has 1 aliphatic heterocycles. The Morgan fingerprint density at radius 2 is 2.09 bits per heavy atom. The summed E-state index contributed by atoms with van der Waals surface area (Å²) in [4.78, 5) is 20.9. The molecule has 3 rings (SSSR count). The summed E-state index contributed by atoms with van der Waals surface area (Å²) in [5.74, 6) is -0.218. The molecule has 0 saturated heterocycles. The number of imidazole rings is 1. The predicted octanol–water partition coefficient (Wildman–Crippen LogP) is 1.00. The van der Waals surface area contributed by atoms with E-state index in [4.69, 9.17) is 4.74 Å². The quantitative estimate of drug-likeness (QED) is 0.627. The van der Waals surface area contributed by atoms with Gasteiger partial charge in [0.05, 0.1) is 30.2 Å². The van der Waals surface area contributed by atoms with Crippen LogP contribution in [0.2, 0.25) is 0 Å². The number of nitrogens with one attached hydrogen (secondary N) is 1. The van der Waals surface area contributed by atoms with Gasteiger partial charge in [-0.1, -0.05) is 13.0 Å². The maximum absolute atomic E-state index is 13.4. The summed E-state index contributed by atoms with van der Waals surface area (Å²) < 4.78 is 36.2. The van der Waals surface area contributed by atoms with Gasteiger partial charge in [-0.3, -0.25) is 9.52 Å². The SMILES string of the molecule is C[C@@H]1CN([C@@H](C)CO)C(=O)c2cccc(NS(=O)(=O)c3cn(C)cn3)c2O[C@H]1CN(C)C. The average Bonchev–Trinajstić information content (AvgIpc) is 3.17. The van der Waals surface area contributed by atoms with Crippen molar-refractivity contribution >= 4 is 21.6 Å². The number of ether oxygens (including phenoxy) is 1. The zero-order valence-corrected chi connectivity index (χ0v) is 19.8. The molecule has 0 aliphatic carbocycles. The highest BCUT2D eigenvalue weighted by molar-refractivity contribution is 7.92. The third-order valence-corrected chi connectivity index (χ3v) is 6.69. The van der Waals surface area contributed by atoms with Crippen LogP contribution < -0.4 is 9.46 Å². The molecular formula is C21H31N5O5S. The molecule has 2 N–H and O–H groups in total. The van der Waals surface area contributed by atoms with Crippen molar-refractivity contribution in [2.75, 3.05) is 38.5 Å². The van der Waals surface area contributed by atoms with Gasteiger partial charge in [0.25, 0.3) is 15.9 Å². The first-order valence-corrected chi connectivity index (χ1v) is 11.9. The molecule has 1 aromatic heterocycles. The number of hydrogen-bond donors (Lipinski definition) is 2. The minimum Gasteiger partial charge on any atom is -0.486 e. The summed E-state index contributed by atoms with van der Waals surface area (Å²) in [5, 5.41) is 9.58. The minimum atomic E-state index is -3.99. The fourth-order valence-corrected chi connectivity index (χ4v) is 4.67. The lowest BCUT2D eigenvalue weighted by molar-refractivity contribution is 0.0366. The summed E-state index contributed by atoms with van der Waals surface area (Å²) in [6.45, 7) is 4.55. The first kappa shape index (κ1) is 24.0. The van der Waals surface area contributed by atoms with E-state index in [1.807, 2.05) is 25.9 Å². The number of carbonyl (C=O) groups is 1. The van der Waals surface area contributed by atoms with Crippen LogP contribution in [-0.4, -0.2) is 84.7 Å². The maximum atomic E-state index is 13.4. The van der Waals surface area contributed by atoms with E-state index < -0.39 is 16.1 Å². The van der Waals surface area contributed by atoms with E-state index in [0.29, 0.717) is 13.1 Å². The number of sulfonamides is 1. The number of para-hydroxylation sites is 1. The van der Waals surface area contributed by atoms with Crippen LogP contribution in [0.1, 0.15) is 24.2 Å². The second-order valence-corrected chi connectivity index (χ2v) is 10.2. The molecule has 0 saturated carbocycles. The van der Waals surface area contributed by atoms with E-state index in [-0.39, 0.29) is 46.6 Å². The van der Waals surface area contributed by atoms with Gasteiger partial charge in [-0.2, -0.15) is 8.42 Å². The molecule has 176 valence electrons. The molecule has 0 bridgehead atoms. The second-order valence-electron chi connectivity index (χ2n) is 8.55. The Kier molecular flexibility index (Phi) is 7.11. The molecule has 0 spiro atoms. The van der Waals surface area contributed by atoms with Crippen molar-refractivity contribution in [2.24, 2.45) is 13.0 Å². The summed E-state index contributed by atoms with van der Waals surface area (Å²) in [6.07, 6.45) is 2.47. The first-order chi connectivity index (χ1) is 15.0. The topological polar surface area (TPSA) is 117 Å². The number of anilines is 1. The van der Waals surface area contributed by atoms with Gasteiger partial charge in [0.2, 0.25) is 0 Å². The lowest BCUT2D eigenvalue weighted by Gasteiger charge is -2.38. The Morgan fingerprint density at radius 3 is 2.69 bits per heavy atom. The van der Waals surface area contributed by atoms with E-state index in [2.05, 4.69) is 9.71 Å². The van der Waals surface area contributed by atoms with Gasteiger partial charge < -0.3 is 24.2 Å². The lowest BCUT2D eigenvalue weighted by atomic mass is 9.99. The van der Waals surface area contributed by atoms with Crippen LogP contribution in [0, 0.1) is 5.92 Å². The third kappa shape index (κ3) is 5.05. The smallest absolute Gasteiger partial charge is 0.281 e. The van der Waals surface area contributed by atoms with Gasteiger partial charge in [0, 0.05) is 32.3 Å². The second kappa shape index (κ2) is 9.47. The molecule has 0 radical (unpaired) electrons. The first-order valence-electron chi connectivity index (χ1n) is 10.4. The Balaban J connectivity index is 2.09. The van der Waals surface area contributed by atoms with Gasteiger partial charge in [-0.15, -0.1) is 0 Å². The maximum Gasteiger partial charge on any atom is 0.281 e. The van der Waals surface area contributed by atoms with Gasteiger partial charge in [-0.25, -0.2) is 4.98 Å². The Morgan fingerprint density at radius 1 is 1.38 bits per heavy atom. The standard InChI is InChI=1S/C21H31N5O5S/c1-14-9-26(15(2)12-27)21(28)16-7-6-8-17(20(16)31-18(14)10-24(3)4)23-32(29,30)19-11-25(5)13-22-19/h6-8,11,13-15,18,23,27H,9-10,12H2,1-5H3/t14-,15+,18+/m1/s1. The van der Waals surface area contributed by atoms with E-state index in [1.54, 1.807) is 37.1 Å². The zero-order chi connectivity index (χ0) is 23.6. The molecule has 2 heterocycles. The zero-order valence-electron chi connectivity index (χ0n) is 19.0. The Hall–Kier alpha value is -2.63. The fraction of sp³-hybridized carbons (Fsp3) is 0.524. The van der Waals surface area contributed by atoms with Crippen molar-refractivity contribution in [1.82, 2.24) is 19.4 Å². The van der Waals surface area contributed by atoms with Crippen molar-refractivity contribution in [1.29, 1.82) is 0 Å². The number of hydrogen-bond acceptors (Lipinski definition) is 7. The normalized spacial score (nSPS) is 20.3. The minimum absolute atomic E-state index is 0.0658. The number of likely N-dealkylation sites (N-methyl/N-ethyl adjacent to an activating group) is 1. The number of aliphatic hydroxyl groups is 1. The molecule has 3 atom stereocenters. The number of aryl methyl sites for hydroxylation is 1. The van der Waals surface area contributed by atoms with Crippen LogP contribution in [-0.2, 0) is 17.1 Å². The summed E-state index contributed by atoms with van der Waals surface area (Å²) >= 11 is 0. The molecule has 11 heteroatoms. The van der Waals surface area contributed by atoms with E-state index in [9.17, 15) is 18.3 Å². The van der Waals surface area contributed by atoms with Gasteiger partial charge in [-0.05, 0) is 33.2 Å². The van der Waals surface area contributed by atoms with E-state index in [0.717, 1.165) is 0 Å². The number of benzene rings is 1. The Bertz CT molecular complexity index is 1070. The van der Waals surface area contributed by atoms with Gasteiger partial charge >= 0.3 is 0 Å². The molecule has 0 fully saturated rings. The van der Waals surface area contributed by atoms with Gasteiger partial charge in [0.15, 0.2) is 10.8 Å². The predicted molar refractivity (Wildman–Crippen MR) is 120 cm³/mol.